The number of rotatable bonds is 4. The standard InChI is InChI=1S/C17H20N2O3/c1-17(2,3)11-19(10-15(20)21)16(22)14-9-8-12-6-4-5-7-13(12)18-14/h4-9H,10-11H2,1-3H3,(H,20,21). The van der Waals surface area contributed by atoms with E-state index >= 15 is 0 Å². The number of carboxylic acid groups (broad SMARTS) is 1. The van der Waals surface area contributed by atoms with Crippen LogP contribution in [-0.2, 0) is 4.79 Å². The number of amides is 1. The van der Waals surface area contributed by atoms with Crippen LogP contribution in [0.15, 0.2) is 36.4 Å². The lowest BCUT2D eigenvalue weighted by molar-refractivity contribution is -0.138. The SMILES string of the molecule is CC(C)(C)CN(CC(=O)O)C(=O)c1ccc2ccccc2n1. The number of fused-ring (bicyclic) bond motifs is 1. The van der Waals surface area contributed by atoms with Gasteiger partial charge in [0.2, 0.25) is 0 Å². The summed E-state index contributed by atoms with van der Waals surface area (Å²) in [6.07, 6.45) is 0. The first-order chi connectivity index (χ1) is 10.3. The zero-order valence-corrected chi connectivity index (χ0v) is 13.0. The molecular weight excluding hydrogens is 280 g/mol. The van der Waals surface area contributed by atoms with Crippen LogP contribution in [0.25, 0.3) is 10.9 Å². The molecule has 1 aromatic heterocycles. The molecule has 0 radical (unpaired) electrons. The molecule has 5 heteroatoms. The van der Waals surface area contributed by atoms with Crippen molar-refractivity contribution in [1.29, 1.82) is 0 Å². The first kappa shape index (κ1) is 15.9. The summed E-state index contributed by atoms with van der Waals surface area (Å²) in [5.41, 5.74) is 0.797. The molecule has 5 nitrogen and oxygen atoms in total. The predicted molar refractivity (Wildman–Crippen MR) is 84.7 cm³/mol. The van der Waals surface area contributed by atoms with E-state index in [1.54, 1.807) is 6.07 Å². The first-order valence-electron chi connectivity index (χ1n) is 7.13. The van der Waals surface area contributed by atoms with E-state index in [9.17, 15) is 9.59 Å². The molecule has 1 aromatic carbocycles. The third-order valence-electron chi connectivity index (χ3n) is 3.10. The summed E-state index contributed by atoms with van der Waals surface area (Å²) in [4.78, 5) is 29.3. The first-order valence-corrected chi connectivity index (χ1v) is 7.13. The van der Waals surface area contributed by atoms with Crippen molar-refractivity contribution >= 4 is 22.8 Å². The molecule has 116 valence electrons. The minimum atomic E-state index is -1.03. The average Bonchev–Trinajstić information content (AvgIpc) is 2.43. The maximum absolute atomic E-state index is 12.6. The van der Waals surface area contributed by atoms with E-state index in [4.69, 9.17) is 5.11 Å². The van der Waals surface area contributed by atoms with Crippen LogP contribution < -0.4 is 0 Å². The highest BCUT2D eigenvalue weighted by Gasteiger charge is 2.24. The van der Waals surface area contributed by atoms with Gasteiger partial charge in [0, 0.05) is 11.9 Å². The van der Waals surface area contributed by atoms with Gasteiger partial charge in [0.25, 0.3) is 5.91 Å². The molecule has 0 atom stereocenters. The van der Waals surface area contributed by atoms with Gasteiger partial charge < -0.3 is 10.0 Å². The Balaban J connectivity index is 2.32. The zero-order valence-electron chi connectivity index (χ0n) is 13.0. The van der Waals surface area contributed by atoms with Crippen molar-refractivity contribution in [3.63, 3.8) is 0 Å². The Bertz CT molecular complexity index is 704. The molecule has 0 saturated carbocycles. The number of para-hydroxylation sites is 1. The Hall–Kier alpha value is -2.43. The van der Waals surface area contributed by atoms with Crippen LogP contribution in [0.1, 0.15) is 31.3 Å². The summed E-state index contributed by atoms with van der Waals surface area (Å²) in [5, 5.41) is 9.98. The smallest absolute Gasteiger partial charge is 0.323 e. The molecule has 1 amide bonds. The number of nitrogens with zero attached hydrogens (tertiary/aromatic N) is 2. The minimum absolute atomic E-state index is 0.193. The number of hydrogen-bond donors (Lipinski definition) is 1. The molecule has 0 aliphatic heterocycles. The lowest BCUT2D eigenvalue weighted by Crippen LogP contribution is -2.41. The lowest BCUT2D eigenvalue weighted by Gasteiger charge is -2.28. The molecule has 0 spiro atoms. The summed E-state index contributed by atoms with van der Waals surface area (Å²) in [7, 11) is 0. The molecule has 0 aliphatic carbocycles. The van der Waals surface area contributed by atoms with E-state index < -0.39 is 5.97 Å². The molecule has 0 fully saturated rings. The molecule has 2 rings (SSSR count). The molecule has 0 aliphatic rings. The van der Waals surface area contributed by atoms with Crippen molar-refractivity contribution in [2.24, 2.45) is 5.41 Å². The third kappa shape index (κ3) is 4.04. The van der Waals surface area contributed by atoms with E-state index in [-0.39, 0.29) is 23.6 Å². The highest BCUT2D eigenvalue weighted by atomic mass is 16.4. The summed E-state index contributed by atoms with van der Waals surface area (Å²) in [6, 6.07) is 11.0. The highest BCUT2D eigenvalue weighted by molar-refractivity contribution is 5.96. The summed E-state index contributed by atoms with van der Waals surface area (Å²) in [6.45, 7) is 5.91. The quantitative estimate of drug-likeness (QED) is 0.942. The van der Waals surface area contributed by atoms with E-state index in [2.05, 4.69) is 4.98 Å². The molecule has 2 aromatic rings. The van der Waals surface area contributed by atoms with Crippen LogP contribution in [0.2, 0.25) is 0 Å². The van der Waals surface area contributed by atoms with E-state index in [0.29, 0.717) is 6.54 Å². The molecule has 0 unspecified atom stereocenters. The van der Waals surface area contributed by atoms with Crippen molar-refractivity contribution < 1.29 is 14.7 Å². The van der Waals surface area contributed by atoms with Gasteiger partial charge in [-0.3, -0.25) is 9.59 Å². The molecule has 1 heterocycles. The Labute approximate surface area is 129 Å². The normalized spacial score (nSPS) is 11.4. The number of carbonyl (C=O) groups excluding carboxylic acids is 1. The van der Waals surface area contributed by atoms with E-state index in [1.807, 2.05) is 51.1 Å². The number of carboxylic acids is 1. The highest BCUT2D eigenvalue weighted by Crippen LogP contribution is 2.18. The second-order valence-electron chi connectivity index (χ2n) is 6.50. The Morgan fingerprint density at radius 1 is 1.14 bits per heavy atom. The minimum Gasteiger partial charge on any atom is -0.480 e. The van der Waals surface area contributed by atoms with Gasteiger partial charge >= 0.3 is 5.97 Å². The zero-order chi connectivity index (χ0) is 16.3. The van der Waals surface area contributed by atoms with Crippen molar-refractivity contribution in [3.8, 4) is 0 Å². The van der Waals surface area contributed by atoms with Gasteiger partial charge in [-0.25, -0.2) is 4.98 Å². The third-order valence-corrected chi connectivity index (χ3v) is 3.10. The van der Waals surface area contributed by atoms with E-state index in [0.717, 1.165) is 10.9 Å². The number of aromatic nitrogens is 1. The number of benzene rings is 1. The summed E-state index contributed by atoms with van der Waals surface area (Å²) in [5.74, 6) is -1.39. The van der Waals surface area contributed by atoms with Gasteiger partial charge in [0.1, 0.15) is 12.2 Å². The fourth-order valence-electron chi connectivity index (χ4n) is 2.28. The molecule has 0 saturated heterocycles. The summed E-state index contributed by atoms with van der Waals surface area (Å²) < 4.78 is 0. The largest absolute Gasteiger partial charge is 0.480 e. The second-order valence-corrected chi connectivity index (χ2v) is 6.50. The fraction of sp³-hybridized carbons (Fsp3) is 0.353. The van der Waals surface area contributed by atoms with E-state index in [1.165, 1.54) is 4.90 Å². The molecule has 22 heavy (non-hydrogen) atoms. The predicted octanol–water partition coefficient (Wildman–Crippen LogP) is 2.81. The summed E-state index contributed by atoms with van der Waals surface area (Å²) >= 11 is 0. The number of aliphatic carboxylic acids is 1. The Morgan fingerprint density at radius 2 is 1.82 bits per heavy atom. The Kier molecular flexibility index (Phi) is 4.45. The topological polar surface area (TPSA) is 70.5 Å². The van der Waals surface area contributed by atoms with Crippen LogP contribution in [-0.4, -0.2) is 40.0 Å². The van der Waals surface area contributed by atoms with Crippen LogP contribution in [0, 0.1) is 5.41 Å². The van der Waals surface area contributed by atoms with Gasteiger partial charge in [-0.1, -0.05) is 45.0 Å². The molecule has 1 N–H and O–H groups in total. The second kappa shape index (κ2) is 6.13. The van der Waals surface area contributed by atoms with Gasteiger partial charge in [-0.2, -0.15) is 0 Å². The van der Waals surface area contributed by atoms with Crippen LogP contribution >= 0.6 is 0 Å². The molecule has 0 bridgehead atoms. The van der Waals surface area contributed by atoms with Gasteiger partial charge in [0.05, 0.1) is 5.52 Å². The van der Waals surface area contributed by atoms with Gasteiger partial charge in [-0.05, 0) is 17.5 Å². The van der Waals surface area contributed by atoms with Crippen LogP contribution in [0.5, 0.6) is 0 Å². The molecular formula is C17H20N2O3. The van der Waals surface area contributed by atoms with Crippen LogP contribution in [0.4, 0.5) is 0 Å². The monoisotopic (exact) mass is 300 g/mol. The van der Waals surface area contributed by atoms with Crippen molar-refractivity contribution in [2.75, 3.05) is 13.1 Å². The van der Waals surface area contributed by atoms with Crippen LogP contribution in [0.3, 0.4) is 0 Å². The van der Waals surface area contributed by atoms with Crippen molar-refractivity contribution in [1.82, 2.24) is 9.88 Å². The Morgan fingerprint density at radius 3 is 2.45 bits per heavy atom. The van der Waals surface area contributed by atoms with Crippen molar-refractivity contribution in [3.05, 3.63) is 42.1 Å². The maximum atomic E-state index is 12.6. The number of carbonyl (C=O) groups is 2. The maximum Gasteiger partial charge on any atom is 0.323 e. The fourth-order valence-corrected chi connectivity index (χ4v) is 2.28. The lowest BCUT2D eigenvalue weighted by atomic mass is 9.96. The number of pyridine rings is 1. The average molecular weight is 300 g/mol. The van der Waals surface area contributed by atoms with Gasteiger partial charge in [0.15, 0.2) is 0 Å². The van der Waals surface area contributed by atoms with Crippen molar-refractivity contribution in [2.45, 2.75) is 20.8 Å². The van der Waals surface area contributed by atoms with Gasteiger partial charge in [-0.15, -0.1) is 0 Å². The number of hydrogen-bond acceptors (Lipinski definition) is 3.